The van der Waals surface area contributed by atoms with Crippen LogP contribution in [0.15, 0.2) is 42.5 Å². The van der Waals surface area contributed by atoms with Gasteiger partial charge in [0, 0.05) is 0 Å². The molecule has 0 aromatic heterocycles. The molecule has 0 aliphatic heterocycles. The third kappa shape index (κ3) is 13.0. The zero-order chi connectivity index (χ0) is 33.1. The van der Waals surface area contributed by atoms with E-state index in [4.69, 9.17) is 10.6 Å². The molecule has 0 saturated heterocycles. The molecule has 249 valence electrons. The maximum atomic E-state index is 5.62. The maximum absolute atomic E-state index is 5.62. The fraction of sp³-hybridized carbons (Fsp3) is 0.659. The number of hydrogen-bond donors (Lipinski definition) is 0. The topological polar surface area (TPSA) is 28.2 Å². The van der Waals surface area contributed by atoms with E-state index in [1.807, 2.05) is 0 Å². The summed E-state index contributed by atoms with van der Waals surface area (Å²) in [4.78, 5) is 0. The van der Waals surface area contributed by atoms with Crippen molar-refractivity contribution in [3.63, 3.8) is 0 Å². The van der Waals surface area contributed by atoms with Crippen molar-refractivity contribution < 1.29 is 17.1 Å². The van der Waals surface area contributed by atoms with Crippen LogP contribution in [0.4, 0.5) is 11.4 Å². The monoisotopic (exact) mass is 643 g/mol. The van der Waals surface area contributed by atoms with Gasteiger partial charge in [0.2, 0.25) is 0 Å². The Hall–Kier alpha value is -1.70. The summed E-state index contributed by atoms with van der Waals surface area (Å²) in [6.07, 6.45) is 8.23. The molecule has 0 saturated carbocycles. The van der Waals surface area contributed by atoms with Crippen molar-refractivity contribution in [2.24, 2.45) is 10.8 Å². The summed E-state index contributed by atoms with van der Waals surface area (Å²) in [5.41, 5.74) is 7.91. The van der Waals surface area contributed by atoms with Gasteiger partial charge in [0.1, 0.15) is 0 Å². The Bertz CT molecular complexity index is 972. The number of para-hydroxylation sites is 2. The van der Waals surface area contributed by atoms with Crippen LogP contribution < -0.4 is 0 Å². The SMILES string of the molecule is CC(C)c1cccc(C(C)C)c1[N-]C(CC([N-]c1c(C(C)C)cccc1C(C)C)C(C)(C)C)C(C)(C)C.CC[C-]=CCC.[Fe+3]. The number of allylic oxidation sites excluding steroid dienone is 2. The van der Waals surface area contributed by atoms with Crippen molar-refractivity contribution in [3.8, 4) is 0 Å². The molecule has 1 radical (unpaired) electrons. The largest absolute Gasteiger partial charge is 3.00 e. The first-order valence-electron chi connectivity index (χ1n) is 17.1. The molecule has 0 amide bonds. The summed E-state index contributed by atoms with van der Waals surface area (Å²) in [6, 6.07) is 13.8. The number of hydrogen-bond acceptors (Lipinski definition) is 0. The van der Waals surface area contributed by atoms with E-state index < -0.39 is 0 Å². The molecule has 0 aliphatic rings. The minimum atomic E-state index is 0. The summed E-state index contributed by atoms with van der Waals surface area (Å²) >= 11 is 0. The van der Waals surface area contributed by atoms with Gasteiger partial charge in [-0.25, -0.2) is 0 Å². The predicted molar refractivity (Wildman–Crippen MR) is 195 cm³/mol. The van der Waals surface area contributed by atoms with E-state index in [1.165, 1.54) is 33.6 Å². The Morgan fingerprint density at radius 1 is 0.591 bits per heavy atom. The second kappa shape index (κ2) is 19.1. The van der Waals surface area contributed by atoms with E-state index in [2.05, 4.69) is 159 Å². The van der Waals surface area contributed by atoms with Crippen LogP contribution in [0.5, 0.6) is 0 Å². The molecule has 2 unspecified atom stereocenters. The minimum absolute atomic E-state index is 0. The van der Waals surface area contributed by atoms with Gasteiger partial charge in [-0.3, -0.25) is 6.08 Å². The van der Waals surface area contributed by atoms with Gasteiger partial charge < -0.3 is 16.7 Å². The molecular weight excluding hydrogens is 576 g/mol. The summed E-state index contributed by atoms with van der Waals surface area (Å²) in [5.74, 6) is 1.75. The molecule has 0 spiro atoms. The molecule has 44 heavy (non-hydrogen) atoms. The van der Waals surface area contributed by atoms with Crippen LogP contribution in [-0.4, -0.2) is 12.1 Å². The fourth-order valence-corrected chi connectivity index (χ4v) is 5.33. The Labute approximate surface area is 285 Å². The van der Waals surface area contributed by atoms with E-state index >= 15 is 0 Å². The smallest absolute Gasteiger partial charge is 0.681 e. The van der Waals surface area contributed by atoms with Crippen LogP contribution in [0.2, 0.25) is 0 Å². The third-order valence-corrected chi connectivity index (χ3v) is 8.25. The van der Waals surface area contributed by atoms with Gasteiger partial charge in [-0.1, -0.05) is 193 Å². The molecule has 0 bridgehead atoms. The van der Waals surface area contributed by atoms with Gasteiger partial charge in [0.05, 0.1) is 0 Å². The quantitative estimate of drug-likeness (QED) is 0.163. The summed E-state index contributed by atoms with van der Waals surface area (Å²) in [7, 11) is 0. The van der Waals surface area contributed by atoms with Crippen LogP contribution in [0.1, 0.15) is 176 Å². The number of benzene rings is 2. The molecule has 2 atom stereocenters. The van der Waals surface area contributed by atoms with E-state index in [0.717, 1.165) is 19.3 Å². The molecule has 2 aromatic rings. The average molecular weight is 644 g/mol. The molecular formula is C41H67FeN2. The van der Waals surface area contributed by atoms with Gasteiger partial charge in [-0.05, 0) is 23.7 Å². The van der Waals surface area contributed by atoms with Crippen molar-refractivity contribution in [2.75, 3.05) is 0 Å². The maximum Gasteiger partial charge on any atom is 3.00 e. The second-order valence-electron chi connectivity index (χ2n) is 15.6. The Morgan fingerprint density at radius 3 is 1.07 bits per heavy atom. The van der Waals surface area contributed by atoms with Crippen molar-refractivity contribution in [1.82, 2.24) is 0 Å². The van der Waals surface area contributed by atoms with E-state index in [0.29, 0.717) is 23.7 Å². The van der Waals surface area contributed by atoms with Crippen LogP contribution in [-0.2, 0) is 17.1 Å². The third-order valence-electron chi connectivity index (χ3n) is 8.25. The Balaban J connectivity index is 0.00000239. The predicted octanol–water partition coefficient (Wildman–Crippen LogP) is 14.3. The molecule has 2 aromatic carbocycles. The normalized spacial score (nSPS) is 13.6. The Morgan fingerprint density at radius 2 is 0.886 bits per heavy atom. The van der Waals surface area contributed by atoms with Crippen molar-refractivity contribution in [3.05, 3.63) is 81.4 Å². The van der Waals surface area contributed by atoms with Gasteiger partial charge in [-0.2, -0.15) is 6.42 Å². The summed E-state index contributed by atoms with van der Waals surface area (Å²) in [5, 5.41) is 11.2. The molecule has 2 nitrogen and oxygen atoms in total. The van der Waals surface area contributed by atoms with Crippen molar-refractivity contribution in [2.45, 2.75) is 166 Å². The second-order valence-corrected chi connectivity index (χ2v) is 15.6. The van der Waals surface area contributed by atoms with Crippen molar-refractivity contribution in [1.29, 1.82) is 0 Å². The molecule has 0 fully saturated rings. The standard InChI is InChI=1S/C35H56N2.C6H11.Fe/c1-22(2)26-17-15-18-27(23(3)4)32(26)36-30(34(9,10)11)21-31(35(12,13)14)37-33-28(24(5)6)19-16-20-29(33)25(7)8;1-3-5-6-4-2;/h15-20,22-25,30-31H,21H2,1-14H3;5H,3-4H2,1-2H3;/q-2;-1;+3. The fourth-order valence-electron chi connectivity index (χ4n) is 5.33. The molecule has 0 heterocycles. The average Bonchev–Trinajstić information content (AvgIpc) is 2.89. The van der Waals surface area contributed by atoms with Gasteiger partial charge >= 0.3 is 17.1 Å². The zero-order valence-electron chi connectivity index (χ0n) is 31.4. The van der Waals surface area contributed by atoms with Crippen molar-refractivity contribution >= 4 is 11.4 Å². The van der Waals surface area contributed by atoms with Crippen LogP contribution in [0.3, 0.4) is 0 Å². The first-order chi connectivity index (χ1) is 19.9. The molecule has 2 rings (SSSR count). The molecule has 0 N–H and O–H groups in total. The van der Waals surface area contributed by atoms with Gasteiger partial charge in [0.15, 0.2) is 0 Å². The number of rotatable bonds is 12. The zero-order valence-corrected chi connectivity index (χ0v) is 32.5. The van der Waals surface area contributed by atoms with Crippen LogP contribution >= 0.6 is 0 Å². The first-order valence-corrected chi connectivity index (χ1v) is 17.1. The minimum Gasteiger partial charge on any atom is -0.681 e. The molecule has 3 heteroatoms. The summed E-state index contributed by atoms with van der Waals surface area (Å²) < 4.78 is 0. The van der Waals surface area contributed by atoms with E-state index in [9.17, 15) is 0 Å². The first kappa shape index (κ1) is 42.3. The number of nitrogens with zero attached hydrogens (tertiary/aromatic N) is 2. The van der Waals surface area contributed by atoms with Gasteiger partial charge in [0.25, 0.3) is 0 Å². The Kier molecular flexibility index (Phi) is 18.3. The summed E-state index contributed by atoms with van der Waals surface area (Å²) in [6.45, 7) is 36.5. The van der Waals surface area contributed by atoms with E-state index in [1.54, 1.807) is 0 Å². The van der Waals surface area contributed by atoms with E-state index in [-0.39, 0.29) is 40.0 Å². The van der Waals surface area contributed by atoms with Crippen LogP contribution in [0.25, 0.3) is 10.6 Å². The van der Waals surface area contributed by atoms with Crippen LogP contribution in [0, 0.1) is 16.9 Å². The molecule has 0 aliphatic carbocycles. The van der Waals surface area contributed by atoms with Gasteiger partial charge in [-0.15, -0.1) is 23.5 Å².